The zero-order valence-corrected chi connectivity index (χ0v) is 18.7. The summed E-state index contributed by atoms with van der Waals surface area (Å²) in [6.45, 7) is 2.01. The molecule has 3 rings (SSSR count). The molecule has 0 aliphatic heterocycles. The molecule has 0 spiro atoms. The Hall–Kier alpha value is -2.29. The van der Waals surface area contributed by atoms with Crippen molar-refractivity contribution in [3.63, 3.8) is 0 Å². The maximum atomic E-state index is 13.3. The number of carbonyl (C=O) groups excluding carboxylic acids is 1. The van der Waals surface area contributed by atoms with Crippen molar-refractivity contribution in [1.82, 2.24) is 9.88 Å². The summed E-state index contributed by atoms with van der Waals surface area (Å²) in [5.41, 5.74) is 6.85. The number of nitrogens with two attached hydrogens (primary N) is 1. The third-order valence-corrected chi connectivity index (χ3v) is 6.62. The minimum atomic E-state index is -4.47. The van der Waals surface area contributed by atoms with Crippen LogP contribution in [-0.2, 0) is 26.1 Å². The molecule has 9 heteroatoms. The van der Waals surface area contributed by atoms with Crippen molar-refractivity contribution in [2.75, 3.05) is 6.54 Å². The van der Waals surface area contributed by atoms with Crippen LogP contribution in [-0.4, -0.2) is 23.1 Å². The number of carbonyl (C=O) groups is 1. The lowest BCUT2D eigenvalue weighted by Gasteiger charge is -2.19. The lowest BCUT2D eigenvalue weighted by atomic mass is 9.99. The van der Waals surface area contributed by atoms with Crippen LogP contribution in [0.4, 0.5) is 13.2 Å². The number of aryl methyl sites for hydroxylation is 2. The molecule has 0 saturated heterocycles. The molecular formula is C22H23ClF3N3OS. The van der Waals surface area contributed by atoms with Gasteiger partial charge in [-0.25, -0.2) is 0 Å². The fraction of sp³-hybridized carbons (Fsp3) is 0.318. The Labute approximate surface area is 187 Å². The fourth-order valence-electron chi connectivity index (χ4n) is 3.51. The average Bonchev–Trinajstić information content (AvgIpc) is 3.29. The van der Waals surface area contributed by atoms with Crippen molar-refractivity contribution < 1.29 is 18.0 Å². The first kappa shape index (κ1) is 23.4. The summed E-state index contributed by atoms with van der Waals surface area (Å²) in [6.07, 6.45) is -1.92. The monoisotopic (exact) mass is 469 g/mol. The standard InChI is InChI=1S/C22H23ClF3N3OS/c1-3-18-15(20-17(23)8-9-29(20)2)11-19(31-18)21(30)28-14(12-27)10-13-6-4-5-7-16(13)22(24,25)26/h4-9,11,14H,3,10,12,27H2,1-2H3,(H,28,30)/t14-/m0/s1. The number of alkyl halides is 3. The van der Waals surface area contributed by atoms with E-state index in [9.17, 15) is 18.0 Å². The molecule has 3 aromatic rings. The molecule has 1 amide bonds. The molecule has 4 nitrogen and oxygen atoms in total. The number of thiophene rings is 1. The van der Waals surface area contributed by atoms with Gasteiger partial charge in [-0.1, -0.05) is 36.7 Å². The maximum Gasteiger partial charge on any atom is 0.416 e. The van der Waals surface area contributed by atoms with E-state index in [1.807, 2.05) is 24.7 Å². The molecule has 0 saturated carbocycles. The maximum absolute atomic E-state index is 13.3. The van der Waals surface area contributed by atoms with Gasteiger partial charge in [-0.2, -0.15) is 13.2 Å². The van der Waals surface area contributed by atoms with Crippen molar-refractivity contribution in [1.29, 1.82) is 0 Å². The third kappa shape index (κ3) is 5.14. The van der Waals surface area contributed by atoms with Crippen LogP contribution in [0.3, 0.4) is 0 Å². The van der Waals surface area contributed by atoms with E-state index in [0.717, 1.165) is 22.2 Å². The normalized spacial score (nSPS) is 12.7. The van der Waals surface area contributed by atoms with Gasteiger partial charge >= 0.3 is 6.18 Å². The van der Waals surface area contributed by atoms with E-state index in [0.29, 0.717) is 16.3 Å². The number of nitrogens with one attached hydrogen (secondary N) is 1. The van der Waals surface area contributed by atoms with Gasteiger partial charge in [0.05, 0.1) is 21.2 Å². The first-order chi connectivity index (χ1) is 14.7. The van der Waals surface area contributed by atoms with Crippen molar-refractivity contribution in [2.45, 2.75) is 32.0 Å². The molecular weight excluding hydrogens is 447 g/mol. The Morgan fingerprint density at radius 2 is 2.00 bits per heavy atom. The number of hydrogen-bond donors (Lipinski definition) is 2. The predicted molar refractivity (Wildman–Crippen MR) is 119 cm³/mol. The van der Waals surface area contributed by atoms with E-state index < -0.39 is 17.8 Å². The van der Waals surface area contributed by atoms with Gasteiger partial charge in [-0.15, -0.1) is 11.3 Å². The van der Waals surface area contributed by atoms with Crippen LogP contribution < -0.4 is 11.1 Å². The number of hydrogen-bond acceptors (Lipinski definition) is 3. The van der Waals surface area contributed by atoms with E-state index >= 15 is 0 Å². The molecule has 1 atom stereocenters. The van der Waals surface area contributed by atoms with Crippen LogP contribution >= 0.6 is 22.9 Å². The summed E-state index contributed by atoms with van der Waals surface area (Å²) >= 11 is 7.67. The largest absolute Gasteiger partial charge is 0.416 e. The number of aromatic nitrogens is 1. The zero-order chi connectivity index (χ0) is 22.8. The quantitative estimate of drug-likeness (QED) is 0.494. The molecule has 0 aliphatic rings. The van der Waals surface area contributed by atoms with Crippen molar-refractivity contribution >= 4 is 28.8 Å². The molecule has 0 radical (unpaired) electrons. The second kappa shape index (κ2) is 9.46. The number of nitrogens with zero attached hydrogens (tertiary/aromatic N) is 1. The molecule has 3 N–H and O–H groups in total. The van der Waals surface area contributed by atoms with E-state index in [-0.39, 0.29) is 24.4 Å². The SMILES string of the molecule is CCc1sc(C(=O)N[C@H](CN)Cc2ccccc2C(F)(F)F)cc1-c1c(Cl)ccn1C. The van der Waals surface area contributed by atoms with Gasteiger partial charge in [0.2, 0.25) is 0 Å². The molecule has 0 aliphatic carbocycles. The minimum absolute atomic E-state index is 0.0135. The molecule has 31 heavy (non-hydrogen) atoms. The summed E-state index contributed by atoms with van der Waals surface area (Å²) in [5, 5.41) is 3.38. The van der Waals surface area contributed by atoms with E-state index in [1.165, 1.54) is 23.5 Å². The number of amides is 1. The first-order valence-electron chi connectivity index (χ1n) is 9.75. The molecule has 0 fully saturated rings. The Morgan fingerprint density at radius 3 is 2.58 bits per heavy atom. The highest BCUT2D eigenvalue weighted by atomic mass is 35.5. The number of benzene rings is 1. The minimum Gasteiger partial charge on any atom is -0.349 e. The number of rotatable bonds is 7. The predicted octanol–water partition coefficient (Wildman–Crippen LogP) is 5.29. The second-order valence-electron chi connectivity index (χ2n) is 7.19. The van der Waals surface area contributed by atoms with Crippen molar-refractivity contribution in [2.24, 2.45) is 12.8 Å². The van der Waals surface area contributed by atoms with E-state index in [4.69, 9.17) is 17.3 Å². The van der Waals surface area contributed by atoms with Crippen molar-refractivity contribution in [3.05, 3.63) is 68.5 Å². The van der Waals surface area contributed by atoms with Crippen LogP contribution in [0.5, 0.6) is 0 Å². The van der Waals surface area contributed by atoms with Crippen LogP contribution in [0.2, 0.25) is 5.02 Å². The molecule has 0 bridgehead atoms. The molecule has 1 aromatic carbocycles. The van der Waals surface area contributed by atoms with Gasteiger partial charge in [-0.05, 0) is 36.6 Å². The second-order valence-corrected chi connectivity index (χ2v) is 8.73. The van der Waals surface area contributed by atoms with Gasteiger partial charge < -0.3 is 15.6 Å². The molecule has 166 valence electrons. The van der Waals surface area contributed by atoms with Crippen molar-refractivity contribution in [3.8, 4) is 11.3 Å². The first-order valence-corrected chi connectivity index (χ1v) is 10.9. The topological polar surface area (TPSA) is 60.1 Å². The Morgan fingerprint density at radius 1 is 1.29 bits per heavy atom. The van der Waals surface area contributed by atoms with Crippen LogP contribution in [0, 0.1) is 0 Å². The van der Waals surface area contributed by atoms with Gasteiger partial charge in [0, 0.05) is 36.3 Å². The summed E-state index contributed by atoms with van der Waals surface area (Å²) in [4.78, 5) is 14.4. The highest BCUT2D eigenvalue weighted by molar-refractivity contribution is 7.14. The zero-order valence-electron chi connectivity index (χ0n) is 17.1. The van der Waals surface area contributed by atoms with Crippen LogP contribution in [0.15, 0.2) is 42.6 Å². The van der Waals surface area contributed by atoms with Crippen LogP contribution in [0.1, 0.15) is 32.6 Å². The van der Waals surface area contributed by atoms with E-state index in [2.05, 4.69) is 5.32 Å². The third-order valence-electron chi connectivity index (χ3n) is 5.04. The Balaban J connectivity index is 1.83. The lowest BCUT2D eigenvalue weighted by molar-refractivity contribution is -0.138. The fourth-order valence-corrected chi connectivity index (χ4v) is 4.81. The molecule has 2 heterocycles. The van der Waals surface area contributed by atoms with Gasteiger partial charge in [0.15, 0.2) is 0 Å². The lowest BCUT2D eigenvalue weighted by Crippen LogP contribution is -2.41. The Kier molecular flexibility index (Phi) is 7.13. The summed E-state index contributed by atoms with van der Waals surface area (Å²) in [5.74, 6) is -0.365. The van der Waals surface area contributed by atoms with Gasteiger partial charge in [0.25, 0.3) is 5.91 Å². The summed E-state index contributed by atoms with van der Waals surface area (Å²) in [7, 11) is 1.88. The molecule has 0 unspecified atom stereocenters. The Bertz CT molecular complexity index is 1050. The summed E-state index contributed by atoms with van der Waals surface area (Å²) < 4.78 is 41.8. The van der Waals surface area contributed by atoms with E-state index in [1.54, 1.807) is 18.2 Å². The molecule has 2 aromatic heterocycles. The highest BCUT2D eigenvalue weighted by Gasteiger charge is 2.33. The van der Waals surface area contributed by atoms with Crippen LogP contribution in [0.25, 0.3) is 11.3 Å². The van der Waals surface area contributed by atoms with Gasteiger partial charge in [0.1, 0.15) is 0 Å². The smallest absolute Gasteiger partial charge is 0.349 e. The number of halogens is 4. The summed E-state index contributed by atoms with van der Waals surface area (Å²) in [6, 6.07) is 8.26. The van der Waals surface area contributed by atoms with Gasteiger partial charge in [-0.3, -0.25) is 4.79 Å². The highest BCUT2D eigenvalue weighted by Crippen LogP contribution is 2.36. The average molecular weight is 470 g/mol.